The van der Waals surface area contributed by atoms with E-state index >= 15 is 0 Å². The SMILES string of the molecule is COc1cc(OC)c2c(=O)cc(-c3cccc(I)c3)oc2c1[C@@H]1CCN(C)[C@H]1CO. The highest BCUT2D eigenvalue weighted by Crippen LogP contribution is 2.44. The molecule has 0 aliphatic carbocycles. The predicted molar refractivity (Wildman–Crippen MR) is 125 cm³/mol. The van der Waals surface area contributed by atoms with Crippen molar-refractivity contribution in [1.29, 1.82) is 0 Å². The first-order valence-corrected chi connectivity index (χ1v) is 10.9. The fourth-order valence-corrected chi connectivity index (χ4v) is 4.92. The van der Waals surface area contributed by atoms with Crippen LogP contribution in [-0.4, -0.2) is 50.5 Å². The third-order valence-electron chi connectivity index (χ3n) is 5.90. The van der Waals surface area contributed by atoms with E-state index in [1.165, 1.54) is 13.2 Å². The lowest BCUT2D eigenvalue weighted by molar-refractivity contribution is 0.171. The molecule has 0 amide bonds. The van der Waals surface area contributed by atoms with Gasteiger partial charge in [-0.1, -0.05) is 12.1 Å². The van der Waals surface area contributed by atoms with Crippen molar-refractivity contribution < 1.29 is 19.0 Å². The molecule has 1 aliphatic heterocycles. The van der Waals surface area contributed by atoms with Crippen LogP contribution < -0.4 is 14.9 Å². The number of benzene rings is 2. The second kappa shape index (κ2) is 8.56. The van der Waals surface area contributed by atoms with Crippen LogP contribution in [0.4, 0.5) is 0 Å². The Kier molecular flexibility index (Phi) is 6.04. The normalized spacial score (nSPS) is 19.4. The molecule has 30 heavy (non-hydrogen) atoms. The molecule has 1 fully saturated rings. The number of hydrogen-bond acceptors (Lipinski definition) is 6. The van der Waals surface area contributed by atoms with E-state index in [-0.39, 0.29) is 24.0 Å². The molecular weight excluding hydrogens is 497 g/mol. The highest BCUT2D eigenvalue weighted by Gasteiger charge is 2.37. The predicted octanol–water partition coefficient (Wildman–Crippen LogP) is 3.86. The Morgan fingerprint density at radius 1 is 1.20 bits per heavy atom. The Labute approximate surface area is 188 Å². The maximum atomic E-state index is 13.2. The summed E-state index contributed by atoms with van der Waals surface area (Å²) in [4.78, 5) is 15.3. The van der Waals surface area contributed by atoms with Crippen molar-refractivity contribution in [2.24, 2.45) is 0 Å². The maximum Gasteiger partial charge on any atom is 0.197 e. The minimum atomic E-state index is -0.169. The molecule has 2 heterocycles. The van der Waals surface area contributed by atoms with Crippen LogP contribution in [0.3, 0.4) is 0 Å². The molecule has 2 aromatic carbocycles. The number of likely N-dealkylation sites (tertiary alicyclic amines) is 1. The molecule has 2 atom stereocenters. The van der Waals surface area contributed by atoms with E-state index in [0.29, 0.717) is 28.2 Å². The molecule has 4 rings (SSSR count). The minimum absolute atomic E-state index is 0.0125. The standard InChI is InChI=1S/C23H24INO5/c1-25-8-7-15(16(25)12-26)21-19(28-2)11-20(29-3)22-17(27)10-18(30-23(21)22)13-5-4-6-14(24)9-13/h4-6,9-11,15-16,26H,7-8,12H2,1-3H3/t15-,16+/m1/s1. The Morgan fingerprint density at radius 2 is 1.97 bits per heavy atom. The van der Waals surface area contributed by atoms with Crippen LogP contribution in [0.15, 0.2) is 45.6 Å². The third-order valence-corrected chi connectivity index (χ3v) is 6.57. The van der Waals surface area contributed by atoms with Gasteiger partial charge in [0.05, 0.1) is 20.8 Å². The second-order valence-corrected chi connectivity index (χ2v) is 8.76. The quantitative estimate of drug-likeness (QED) is 0.515. The van der Waals surface area contributed by atoms with Crippen LogP contribution in [0.2, 0.25) is 0 Å². The first kappa shape index (κ1) is 21.1. The fraction of sp³-hybridized carbons (Fsp3) is 0.348. The maximum absolute atomic E-state index is 13.2. The van der Waals surface area contributed by atoms with Gasteiger partial charge in [-0.25, -0.2) is 0 Å². The Morgan fingerprint density at radius 3 is 2.63 bits per heavy atom. The lowest BCUT2D eigenvalue weighted by atomic mass is 9.89. The minimum Gasteiger partial charge on any atom is -0.496 e. The molecular formula is C23H24INO5. The summed E-state index contributed by atoms with van der Waals surface area (Å²) < 4.78 is 18.6. The summed E-state index contributed by atoms with van der Waals surface area (Å²) in [6, 6.07) is 11.0. The smallest absolute Gasteiger partial charge is 0.197 e. The van der Waals surface area contributed by atoms with E-state index in [1.54, 1.807) is 13.2 Å². The van der Waals surface area contributed by atoms with Crippen molar-refractivity contribution in [2.45, 2.75) is 18.4 Å². The molecule has 1 N–H and O–H groups in total. The summed E-state index contributed by atoms with van der Waals surface area (Å²) in [6.07, 6.45) is 0.830. The number of aliphatic hydroxyl groups excluding tert-OH is 1. The van der Waals surface area contributed by atoms with Gasteiger partial charge in [-0.3, -0.25) is 4.79 Å². The van der Waals surface area contributed by atoms with Crippen molar-refractivity contribution in [2.75, 3.05) is 34.4 Å². The summed E-state index contributed by atoms with van der Waals surface area (Å²) in [6.45, 7) is 0.853. The molecule has 0 bridgehead atoms. The number of ether oxygens (including phenoxy) is 2. The van der Waals surface area contributed by atoms with Crippen molar-refractivity contribution in [3.8, 4) is 22.8 Å². The lowest BCUT2D eigenvalue weighted by Crippen LogP contribution is -2.32. The highest BCUT2D eigenvalue weighted by molar-refractivity contribution is 14.1. The van der Waals surface area contributed by atoms with E-state index in [0.717, 1.165) is 27.7 Å². The first-order valence-electron chi connectivity index (χ1n) is 9.78. The van der Waals surface area contributed by atoms with Gasteiger partial charge < -0.3 is 23.9 Å². The molecule has 158 valence electrons. The number of fused-ring (bicyclic) bond motifs is 1. The number of rotatable bonds is 5. The monoisotopic (exact) mass is 521 g/mol. The van der Waals surface area contributed by atoms with Gasteiger partial charge in [0.15, 0.2) is 5.43 Å². The Balaban J connectivity index is 2.05. The zero-order chi connectivity index (χ0) is 21.4. The summed E-state index contributed by atoms with van der Waals surface area (Å²) >= 11 is 2.24. The molecule has 1 aromatic heterocycles. The van der Waals surface area contributed by atoms with Crippen molar-refractivity contribution in [3.05, 3.63) is 55.8 Å². The number of hydrogen-bond donors (Lipinski definition) is 1. The van der Waals surface area contributed by atoms with Crippen LogP contribution in [0.25, 0.3) is 22.3 Å². The average molecular weight is 521 g/mol. The van der Waals surface area contributed by atoms with Gasteiger partial charge in [0.2, 0.25) is 0 Å². The number of methoxy groups -OCH3 is 2. The third kappa shape index (κ3) is 3.59. The molecule has 1 saturated heterocycles. The van der Waals surface area contributed by atoms with E-state index in [1.807, 2.05) is 31.3 Å². The van der Waals surface area contributed by atoms with Crippen molar-refractivity contribution in [3.63, 3.8) is 0 Å². The highest BCUT2D eigenvalue weighted by atomic mass is 127. The number of nitrogens with zero attached hydrogens (tertiary/aromatic N) is 1. The van der Waals surface area contributed by atoms with Gasteiger partial charge in [-0.2, -0.15) is 0 Å². The summed E-state index contributed by atoms with van der Waals surface area (Å²) in [5, 5.41) is 10.4. The summed E-state index contributed by atoms with van der Waals surface area (Å²) in [7, 11) is 5.12. The van der Waals surface area contributed by atoms with Crippen LogP contribution in [-0.2, 0) is 0 Å². The van der Waals surface area contributed by atoms with Crippen molar-refractivity contribution >= 4 is 33.6 Å². The van der Waals surface area contributed by atoms with Gasteiger partial charge in [-0.05, 0) is 54.7 Å². The molecule has 1 aliphatic rings. The molecule has 7 heteroatoms. The van der Waals surface area contributed by atoms with Gasteiger partial charge >= 0.3 is 0 Å². The van der Waals surface area contributed by atoms with Crippen LogP contribution >= 0.6 is 22.6 Å². The molecule has 6 nitrogen and oxygen atoms in total. The lowest BCUT2D eigenvalue weighted by Gasteiger charge is -2.25. The largest absolute Gasteiger partial charge is 0.496 e. The average Bonchev–Trinajstić information content (AvgIpc) is 3.12. The van der Waals surface area contributed by atoms with E-state index in [9.17, 15) is 9.90 Å². The van der Waals surface area contributed by atoms with Gasteiger partial charge in [0.25, 0.3) is 0 Å². The van der Waals surface area contributed by atoms with E-state index < -0.39 is 0 Å². The second-order valence-electron chi connectivity index (χ2n) is 7.51. The van der Waals surface area contributed by atoms with Crippen molar-refractivity contribution in [1.82, 2.24) is 4.90 Å². The number of likely N-dealkylation sites (N-methyl/N-ethyl adjacent to an activating group) is 1. The number of halogens is 1. The van der Waals surface area contributed by atoms with Crippen LogP contribution in [0, 0.1) is 3.57 Å². The molecule has 3 aromatic rings. The van der Waals surface area contributed by atoms with Crippen LogP contribution in [0.5, 0.6) is 11.5 Å². The summed E-state index contributed by atoms with van der Waals surface area (Å²) in [5.74, 6) is 1.48. The fourth-order valence-electron chi connectivity index (χ4n) is 4.37. The molecule has 0 saturated carbocycles. The first-order chi connectivity index (χ1) is 14.5. The van der Waals surface area contributed by atoms with E-state index in [4.69, 9.17) is 13.9 Å². The van der Waals surface area contributed by atoms with Crippen LogP contribution in [0.1, 0.15) is 17.9 Å². The molecule has 0 spiro atoms. The Bertz CT molecular complexity index is 1140. The summed E-state index contributed by atoms with van der Waals surface area (Å²) in [5.41, 5.74) is 1.93. The molecule has 0 unspecified atom stereocenters. The van der Waals surface area contributed by atoms with E-state index in [2.05, 4.69) is 27.5 Å². The van der Waals surface area contributed by atoms with Gasteiger partial charge in [0, 0.05) is 38.8 Å². The zero-order valence-electron chi connectivity index (χ0n) is 17.1. The van der Waals surface area contributed by atoms with Gasteiger partial charge in [0.1, 0.15) is 28.2 Å². The Hall–Kier alpha value is -2.10. The topological polar surface area (TPSA) is 72.1 Å². The van der Waals surface area contributed by atoms with Gasteiger partial charge in [-0.15, -0.1) is 0 Å². The molecule has 0 radical (unpaired) electrons. The zero-order valence-corrected chi connectivity index (χ0v) is 19.3. The number of aliphatic hydroxyl groups is 1.